The van der Waals surface area contributed by atoms with Gasteiger partial charge in [0, 0.05) is 52.3 Å². The van der Waals surface area contributed by atoms with Crippen molar-refractivity contribution in [1.82, 2.24) is 24.9 Å². The van der Waals surface area contributed by atoms with Crippen molar-refractivity contribution in [2.75, 3.05) is 0 Å². The van der Waals surface area contributed by atoms with Crippen LogP contribution in [0.4, 0.5) is 0 Å². The van der Waals surface area contributed by atoms with Crippen LogP contribution < -0.4 is 0 Å². The van der Waals surface area contributed by atoms with Gasteiger partial charge in [0.05, 0.1) is 0 Å². The van der Waals surface area contributed by atoms with Crippen molar-refractivity contribution in [2.45, 2.75) is 0 Å². The summed E-state index contributed by atoms with van der Waals surface area (Å²) in [5, 5.41) is 4.66. The smallest absolute Gasteiger partial charge is 0.164 e. The second-order valence-electron chi connectivity index (χ2n) is 17.0. The minimum atomic E-state index is 0.614. The normalized spacial score (nSPS) is 11.2. The largest absolute Gasteiger partial charge is 0.264 e. The molecule has 0 amide bonds. The molecular formula is C63H41N5. The van der Waals surface area contributed by atoms with E-state index in [0.29, 0.717) is 17.5 Å². The van der Waals surface area contributed by atoms with Crippen molar-refractivity contribution in [3.63, 3.8) is 0 Å². The molecule has 0 atom stereocenters. The number of benzene rings is 9. The second-order valence-corrected chi connectivity index (χ2v) is 17.0. The molecule has 0 saturated carbocycles. The number of pyridine rings is 2. The molecule has 12 aromatic rings. The number of aromatic nitrogens is 5. The van der Waals surface area contributed by atoms with Crippen molar-refractivity contribution >= 4 is 21.5 Å². The number of hydrogen-bond acceptors (Lipinski definition) is 5. The first kappa shape index (κ1) is 40.3. The zero-order valence-electron chi connectivity index (χ0n) is 36.9. The van der Waals surface area contributed by atoms with Gasteiger partial charge in [0.2, 0.25) is 0 Å². The highest BCUT2D eigenvalue weighted by molar-refractivity contribution is 5.97. The van der Waals surface area contributed by atoms with Crippen LogP contribution in [0.1, 0.15) is 0 Å². The SMILES string of the molecule is c1ccc(-c2nc(-c3cccc(-c4cccc(-c5ccc(-c6cccc7cnccc67)cc5)c4)c3)nc(-c3cccc(-c4cccc(-c5ccc(-c6cccc7cnccc67)cc5)c4)c3)n2)cc1. The van der Waals surface area contributed by atoms with Crippen molar-refractivity contribution < 1.29 is 0 Å². The lowest BCUT2D eigenvalue weighted by Crippen LogP contribution is -2.00. The van der Waals surface area contributed by atoms with Crippen LogP contribution in [0.25, 0.3) is 122 Å². The van der Waals surface area contributed by atoms with Crippen LogP contribution in [-0.4, -0.2) is 24.9 Å². The molecule has 0 radical (unpaired) electrons. The fraction of sp³-hybridized carbons (Fsp3) is 0. The van der Waals surface area contributed by atoms with Crippen LogP contribution >= 0.6 is 0 Å². The molecule has 0 saturated heterocycles. The Balaban J connectivity index is 0.850. The molecule has 3 aromatic heterocycles. The summed E-state index contributed by atoms with van der Waals surface area (Å²) in [6, 6.07) is 79.1. The van der Waals surface area contributed by atoms with Crippen LogP contribution in [-0.2, 0) is 0 Å². The molecule has 318 valence electrons. The molecule has 12 rings (SSSR count). The van der Waals surface area contributed by atoms with Gasteiger partial charge in [-0.3, -0.25) is 9.97 Å². The topological polar surface area (TPSA) is 64.5 Å². The number of rotatable bonds is 9. The lowest BCUT2D eigenvalue weighted by atomic mass is 9.95. The molecule has 0 N–H and O–H groups in total. The van der Waals surface area contributed by atoms with Gasteiger partial charge >= 0.3 is 0 Å². The third-order valence-electron chi connectivity index (χ3n) is 12.7. The molecule has 5 heteroatoms. The van der Waals surface area contributed by atoms with Crippen molar-refractivity contribution in [2.24, 2.45) is 0 Å². The van der Waals surface area contributed by atoms with E-state index in [9.17, 15) is 0 Å². The Morgan fingerprint density at radius 2 is 0.544 bits per heavy atom. The molecule has 0 aliphatic carbocycles. The predicted molar refractivity (Wildman–Crippen MR) is 279 cm³/mol. The van der Waals surface area contributed by atoms with Crippen molar-refractivity contribution in [3.05, 3.63) is 249 Å². The van der Waals surface area contributed by atoms with Gasteiger partial charge in [-0.1, -0.05) is 188 Å². The van der Waals surface area contributed by atoms with Gasteiger partial charge in [-0.15, -0.1) is 0 Å². The molecule has 0 unspecified atom stereocenters. The van der Waals surface area contributed by atoms with Crippen LogP contribution in [0.15, 0.2) is 249 Å². The predicted octanol–water partition coefficient (Wildman–Crippen LogP) is 16.0. The standard InChI is InChI=1S/C63H41N5/c1-2-10-46(11-3-1)61-66-62(53-18-6-16-51(38-53)49-14-4-12-47(36-49)42-24-28-44(29-25-42)57-22-8-20-55-40-64-34-32-59(55)57)68-63(67-61)54-19-7-17-52(39-54)50-15-5-13-48(37-50)43-26-30-45(31-27-43)58-23-9-21-56-41-65-35-33-60(56)58/h1-41H. The Morgan fingerprint density at radius 3 is 0.971 bits per heavy atom. The molecule has 0 aliphatic heterocycles. The van der Waals surface area contributed by atoms with Gasteiger partial charge in [0.25, 0.3) is 0 Å². The monoisotopic (exact) mass is 867 g/mol. The highest BCUT2D eigenvalue weighted by Crippen LogP contribution is 2.36. The molecule has 3 heterocycles. The summed E-state index contributed by atoms with van der Waals surface area (Å²) < 4.78 is 0. The lowest BCUT2D eigenvalue weighted by Gasteiger charge is -2.12. The van der Waals surface area contributed by atoms with Gasteiger partial charge in [-0.2, -0.15) is 0 Å². The number of nitrogens with zero attached hydrogens (tertiary/aromatic N) is 5. The Morgan fingerprint density at radius 1 is 0.221 bits per heavy atom. The van der Waals surface area contributed by atoms with E-state index in [0.717, 1.165) is 72.0 Å². The summed E-state index contributed by atoms with van der Waals surface area (Å²) in [5.74, 6) is 1.85. The van der Waals surface area contributed by atoms with E-state index in [-0.39, 0.29) is 0 Å². The van der Waals surface area contributed by atoms with E-state index in [2.05, 4.69) is 204 Å². The van der Waals surface area contributed by atoms with Crippen LogP contribution in [0.5, 0.6) is 0 Å². The average Bonchev–Trinajstić information content (AvgIpc) is 3.43. The average molecular weight is 868 g/mol. The summed E-state index contributed by atoms with van der Waals surface area (Å²) in [5.41, 5.74) is 16.5. The molecule has 0 spiro atoms. The third-order valence-corrected chi connectivity index (χ3v) is 12.7. The first-order valence-corrected chi connectivity index (χ1v) is 22.8. The summed E-state index contributed by atoms with van der Waals surface area (Å²) >= 11 is 0. The van der Waals surface area contributed by atoms with Gasteiger partial charge in [0.1, 0.15) is 0 Å². The first-order chi connectivity index (χ1) is 33.7. The summed E-state index contributed by atoms with van der Waals surface area (Å²) in [4.78, 5) is 24.0. The van der Waals surface area contributed by atoms with Gasteiger partial charge in [0.15, 0.2) is 17.5 Å². The van der Waals surface area contributed by atoms with E-state index in [1.165, 1.54) is 33.0 Å². The van der Waals surface area contributed by atoms with E-state index in [1.54, 1.807) is 0 Å². The lowest BCUT2D eigenvalue weighted by molar-refractivity contribution is 1.07. The molecule has 68 heavy (non-hydrogen) atoms. The zero-order chi connectivity index (χ0) is 45.2. The highest BCUT2D eigenvalue weighted by atomic mass is 15.0. The maximum atomic E-state index is 5.17. The Bertz CT molecular complexity index is 3550. The second kappa shape index (κ2) is 17.7. The van der Waals surface area contributed by atoms with Gasteiger partial charge < -0.3 is 0 Å². The molecule has 0 aliphatic rings. The molecule has 0 bridgehead atoms. The summed E-state index contributed by atoms with van der Waals surface area (Å²) in [6.07, 6.45) is 7.55. The van der Waals surface area contributed by atoms with Crippen LogP contribution in [0.3, 0.4) is 0 Å². The molecule has 5 nitrogen and oxygen atoms in total. The molecule has 9 aromatic carbocycles. The fourth-order valence-electron chi connectivity index (χ4n) is 9.22. The van der Waals surface area contributed by atoms with Gasteiger partial charge in [-0.05, 0) is 114 Å². The quantitative estimate of drug-likeness (QED) is 0.145. The Labute approximate surface area is 394 Å². The minimum Gasteiger partial charge on any atom is -0.264 e. The first-order valence-electron chi connectivity index (χ1n) is 22.8. The Kier molecular flexibility index (Phi) is 10.5. The highest BCUT2D eigenvalue weighted by Gasteiger charge is 2.15. The minimum absolute atomic E-state index is 0.614. The maximum Gasteiger partial charge on any atom is 0.164 e. The number of fused-ring (bicyclic) bond motifs is 2. The van der Waals surface area contributed by atoms with E-state index in [1.807, 2.05) is 55.1 Å². The van der Waals surface area contributed by atoms with Crippen LogP contribution in [0, 0.1) is 0 Å². The Hall–Kier alpha value is -9.19. The van der Waals surface area contributed by atoms with Crippen LogP contribution in [0.2, 0.25) is 0 Å². The summed E-state index contributed by atoms with van der Waals surface area (Å²) in [7, 11) is 0. The van der Waals surface area contributed by atoms with E-state index < -0.39 is 0 Å². The van der Waals surface area contributed by atoms with E-state index in [4.69, 9.17) is 15.0 Å². The van der Waals surface area contributed by atoms with Crippen molar-refractivity contribution in [1.29, 1.82) is 0 Å². The molecular weight excluding hydrogens is 827 g/mol. The third kappa shape index (κ3) is 7.99. The summed E-state index contributed by atoms with van der Waals surface area (Å²) in [6.45, 7) is 0. The fourth-order valence-corrected chi connectivity index (χ4v) is 9.22. The van der Waals surface area contributed by atoms with E-state index >= 15 is 0 Å². The number of hydrogen-bond donors (Lipinski definition) is 0. The maximum absolute atomic E-state index is 5.17. The molecule has 0 fully saturated rings. The van der Waals surface area contributed by atoms with Gasteiger partial charge in [-0.25, -0.2) is 15.0 Å². The van der Waals surface area contributed by atoms with Crippen molar-refractivity contribution in [3.8, 4) is 101 Å². The zero-order valence-corrected chi connectivity index (χ0v) is 36.9.